The van der Waals surface area contributed by atoms with Crippen LogP contribution in [0.15, 0.2) is 41.9 Å². The monoisotopic (exact) mass is 255 g/mol. The Morgan fingerprint density at radius 2 is 2.17 bits per heavy atom. The van der Waals surface area contributed by atoms with Crippen molar-refractivity contribution in [3.05, 3.63) is 52.5 Å². The van der Waals surface area contributed by atoms with E-state index in [2.05, 4.69) is 34.3 Å². The zero-order chi connectivity index (χ0) is 12.4. The average Bonchev–Trinajstić information content (AvgIpc) is 2.89. The summed E-state index contributed by atoms with van der Waals surface area (Å²) in [6.45, 7) is 2.80. The Balaban J connectivity index is 1.89. The van der Waals surface area contributed by atoms with Crippen LogP contribution < -0.4 is 5.32 Å². The van der Waals surface area contributed by atoms with Crippen LogP contribution in [0.4, 0.5) is 5.82 Å². The number of hydrogen-bond donors (Lipinski definition) is 1. The van der Waals surface area contributed by atoms with Crippen molar-refractivity contribution in [1.82, 2.24) is 9.97 Å². The zero-order valence-electron chi connectivity index (χ0n) is 10.1. The van der Waals surface area contributed by atoms with E-state index in [0.29, 0.717) is 0 Å². The lowest BCUT2D eigenvalue weighted by molar-refractivity contribution is 1.08. The third-order valence-corrected chi connectivity index (χ3v) is 3.58. The topological polar surface area (TPSA) is 37.8 Å². The molecule has 0 bridgehead atoms. The summed E-state index contributed by atoms with van der Waals surface area (Å²) in [7, 11) is 0. The largest absolute Gasteiger partial charge is 0.363 e. The molecular weight excluding hydrogens is 242 g/mol. The number of thiazole rings is 1. The first kappa shape index (κ1) is 11.2. The van der Waals surface area contributed by atoms with Crippen molar-refractivity contribution in [3.63, 3.8) is 0 Å². The number of aromatic nitrogens is 2. The maximum absolute atomic E-state index is 4.64. The predicted molar refractivity (Wildman–Crippen MR) is 75.9 cm³/mol. The van der Waals surface area contributed by atoms with E-state index >= 15 is 0 Å². The second-order valence-electron chi connectivity index (χ2n) is 4.13. The lowest BCUT2D eigenvalue weighted by atomic mass is 10.1. The van der Waals surface area contributed by atoms with E-state index in [9.17, 15) is 0 Å². The molecule has 0 aliphatic heterocycles. The number of rotatable bonds is 3. The molecule has 3 rings (SSSR count). The second-order valence-corrected chi connectivity index (χ2v) is 5.11. The summed E-state index contributed by atoms with van der Waals surface area (Å²) in [5.41, 5.74) is 2.18. The number of aryl methyl sites for hydroxylation is 1. The molecule has 0 atom stereocenters. The van der Waals surface area contributed by atoms with E-state index in [1.807, 2.05) is 29.8 Å². The van der Waals surface area contributed by atoms with Crippen molar-refractivity contribution < 1.29 is 0 Å². The molecule has 3 aromatic rings. The highest BCUT2D eigenvalue weighted by atomic mass is 32.1. The van der Waals surface area contributed by atoms with Crippen LogP contribution in [-0.4, -0.2) is 9.97 Å². The summed E-state index contributed by atoms with van der Waals surface area (Å²) in [6, 6.07) is 10.3. The smallest absolute Gasteiger partial charge is 0.129 e. The molecule has 0 fully saturated rings. The third-order valence-electron chi connectivity index (χ3n) is 2.81. The Bertz CT molecular complexity index is 662. The molecule has 0 saturated heterocycles. The average molecular weight is 255 g/mol. The Hall–Kier alpha value is -1.94. The number of nitrogens with one attached hydrogen (secondary N) is 1. The molecule has 0 aliphatic carbocycles. The van der Waals surface area contributed by atoms with E-state index in [4.69, 9.17) is 0 Å². The molecule has 0 unspecified atom stereocenters. The van der Waals surface area contributed by atoms with Crippen LogP contribution in [0.2, 0.25) is 0 Å². The summed E-state index contributed by atoms with van der Waals surface area (Å²) >= 11 is 1.65. The first-order valence-corrected chi connectivity index (χ1v) is 6.69. The summed E-state index contributed by atoms with van der Waals surface area (Å²) < 4.78 is 0. The van der Waals surface area contributed by atoms with E-state index in [0.717, 1.165) is 28.5 Å². The molecule has 4 heteroatoms. The van der Waals surface area contributed by atoms with Gasteiger partial charge >= 0.3 is 0 Å². The summed E-state index contributed by atoms with van der Waals surface area (Å²) in [6.07, 6.45) is 1.82. The second kappa shape index (κ2) is 4.74. The van der Waals surface area contributed by atoms with Crippen LogP contribution >= 0.6 is 11.3 Å². The van der Waals surface area contributed by atoms with Crippen molar-refractivity contribution in [3.8, 4) is 0 Å². The standard InChI is InChI=1S/C14H13N3S/c1-10-8-11-4-2-3-5-12(11)17-14(10)16-9-13-15-6-7-18-13/h2-8H,9H2,1H3,(H,16,17). The van der Waals surface area contributed by atoms with Crippen LogP contribution in [0.5, 0.6) is 0 Å². The molecule has 0 amide bonds. The fourth-order valence-corrected chi connectivity index (χ4v) is 2.46. The van der Waals surface area contributed by atoms with Crippen molar-refractivity contribution in [2.75, 3.05) is 5.32 Å². The van der Waals surface area contributed by atoms with Gasteiger partial charge in [-0.05, 0) is 24.6 Å². The molecular formula is C14H13N3S. The minimum absolute atomic E-state index is 0.726. The van der Waals surface area contributed by atoms with Crippen LogP contribution in [-0.2, 0) is 6.54 Å². The fourth-order valence-electron chi connectivity index (χ4n) is 1.90. The Labute approximate surface area is 110 Å². The molecule has 3 nitrogen and oxygen atoms in total. The Morgan fingerprint density at radius 1 is 1.28 bits per heavy atom. The maximum Gasteiger partial charge on any atom is 0.129 e. The van der Waals surface area contributed by atoms with Crippen LogP contribution in [0.25, 0.3) is 10.9 Å². The first-order valence-electron chi connectivity index (χ1n) is 5.81. The van der Waals surface area contributed by atoms with E-state index in [1.165, 1.54) is 5.39 Å². The number of anilines is 1. The molecule has 2 heterocycles. The van der Waals surface area contributed by atoms with Gasteiger partial charge in [0, 0.05) is 17.0 Å². The number of para-hydroxylation sites is 1. The van der Waals surface area contributed by atoms with Crippen LogP contribution in [0.3, 0.4) is 0 Å². The van der Waals surface area contributed by atoms with Gasteiger partial charge in [-0.15, -0.1) is 11.3 Å². The van der Waals surface area contributed by atoms with Gasteiger partial charge in [-0.3, -0.25) is 0 Å². The first-order chi connectivity index (χ1) is 8.83. The quantitative estimate of drug-likeness (QED) is 0.777. The maximum atomic E-state index is 4.64. The van der Waals surface area contributed by atoms with Gasteiger partial charge in [0.15, 0.2) is 0 Å². The minimum Gasteiger partial charge on any atom is -0.363 e. The summed E-state index contributed by atoms with van der Waals surface area (Å²) in [5, 5.41) is 7.58. The zero-order valence-corrected chi connectivity index (χ0v) is 10.9. The molecule has 1 aromatic carbocycles. The number of hydrogen-bond acceptors (Lipinski definition) is 4. The molecule has 90 valence electrons. The van der Waals surface area contributed by atoms with Gasteiger partial charge < -0.3 is 5.32 Å². The highest BCUT2D eigenvalue weighted by molar-refractivity contribution is 7.09. The third kappa shape index (κ3) is 2.19. The summed E-state index contributed by atoms with van der Waals surface area (Å²) in [5.74, 6) is 0.934. The van der Waals surface area contributed by atoms with E-state index in [-0.39, 0.29) is 0 Å². The van der Waals surface area contributed by atoms with Gasteiger partial charge in [0.25, 0.3) is 0 Å². The Kier molecular flexibility index (Phi) is 2.94. The summed E-state index contributed by atoms with van der Waals surface area (Å²) in [4.78, 5) is 8.89. The van der Waals surface area contributed by atoms with Crippen molar-refractivity contribution in [2.45, 2.75) is 13.5 Å². The number of nitrogens with zero attached hydrogens (tertiary/aromatic N) is 2. The predicted octanol–water partition coefficient (Wildman–Crippen LogP) is 3.61. The van der Waals surface area contributed by atoms with Crippen molar-refractivity contribution in [2.24, 2.45) is 0 Å². The number of pyridine rings is 1. The lowest BCUT2D eigenvalue weighted by Crippen LogP contribution is -2.03. The molecule has 0 spiro atoms. The SMILES string of the molecule is Cc1cc2ccccc2nc1NCc1nccs1. The molecule has 18 heavy (non-hydrogen) atoms. The fraction of sp³-hybridized carbons (Fsp3) is 0.143. The van der Waals surface area contributed by atoms with Gasteiger partial charge in [0.2, 0.25) is 0 Å². The molecule has 0 aliphatic rings. The normalized spacial score (nSPS) is 10.7. The van der Waals surface area contributed by atoms with Gasteiger partial charge in [0.1, 0.15) is 10.8 Å². The lowest BCUT2D eigenvalue weighted by Gasteiger charge is -2.08. The van der Waals surface area contributed by atoms with Gasteiger partial charge in [-0.2, -0.15) is 0 Å². The molecule has 0 radical (unpaired) electrons. The highest BCUT2D eigenvalue weighted by Crippen LogP contribution is 2.20. The number of benzene rings is 1. The van der Waals surface area contributed by atoms with E-state index in [1.54, 1.807) is 11.3 Å². The van der Waals surface area contributed by atoms with Gasteiger partial charge in [0.05, 0.1) is 12.1 Å². The van der Waals surface area contributed by atoms with Gasteiger partial charge in [-0.1, -0.05) is 18.2 Å². The molecule has 0 saturated carbocycles. The molecule has 2 aromatic heterocycles. The number of fused-ring (bicyclic) bond motifs is 1. The Morgan fingerprint density at radius 3 is 3.00 bits per heavy atom. The van der Waals surface area contributed by atoms with Crippen molar-refractivity contribution in [1.29, 1.82) is 0 Å². The van der Waals surface area contributed by atoms with Crippen LogP contribution in [0.1, 0.15) is 10.6 Å². The van der Waals surface area contributed by atoms with E-state index < -0.39 is 0 Å². The van der Waals surface area contributed by atoms with Crippen molar-refractivity contribution >= 4 is 28.1 Å². The van der Waals surface area contributed by atoms with Gasteiger partial charge in [-0.25, -0.2) is 9.97 Å². The van der Waals surface area contributed by atoms with Crippen LogP contribution in [0, 0.1) is 6.92 Å². The minimum atomic E-state index is 0.726. The highest BCUT2D eigenvalue weighted by Gasteiger charge is 2.03. The molecule has 1 N–H and O–H groups in total.